The van der Waals surface area contributed by atoms with Gasteiger partial charge in [0, 0.05) is 6.04 Å². The molecule has 0 saturated heterocycles. The Morgan fingerprint density at radius 1 is 1.53 bits per heavy atom. The van der Waals surface area contributed by atoms with Crippen molar-refractivity contribution in [1.82, 2.24) is 5.32 Å². The summed E-state index contributed by atoms with van der Waals surface area (Å²) in [6, 6.07) is 5.15. The first-order valence-corrected chi connectivity index (χ1v) is 7.60. The number of thiophene rings is 1. The van der Waals surface area contributed by atoms with Crippen LogP contribution in [-0.4, -0.2) is 18.8 Å². The van der Waals surface area contributed by atoms with Crippen molar-refractivity contribution in [3.63, 3.8) is 0 Å². The SMILES string of the molecule is CNC1CCCC1CCSc1cccs1. The third-order valence-electron chi connectivity index (χ3n) is 3.26. The molecular weight excluding hydrogens is 222 g/mol. The molecule has 1 saturated carbocycles. The van der Waals surface area contributed by atoms with Crippen LogP contribution in [0.5, 0.6) is 0 Å². The van der Waals surface area contributed by atoms with Gasteiger partial charge in [-0.3, -0.25) is 0 Å². The molecule has 2 atom stereocenters. The fourth-order valence-electron chi connectivity index (χ4n) is 2.42. The molecule has 3 heteroatoms. The maximum absolute atomic E-state index is 3.45. The third-order valence-corrected chi connectivity index (χ3v) is 5.42. The highest BCUT2D eigenvalue weighted by molar-refractivity contribution is 8.01. The van der Waals surface area contributed by atoms with Gasteiger partial charge >= 0.3 is 0 Å². The first-order valence-electron chi connectivity index (χ1n) is 5.73. The molecule has 1 aliphatic carbocycles. The van der Waals surface area contributed by atoms with Gasteiger partial charge in [0.2, 0.25) is 0 Å². The summed E-state index contributed by atoms with van der Waals surface area (Å²) in [6.45, 7) is 0. The molecule has 15 heavy (non-hydrogen) atoms. The second kappa shape index (κ2) is 5.92. The van der Waals surface area contributed by atoms with E-state index >= 15 is 0 Å². The van der Waals surface area contributed by atoms with Gasteiger partial charge in [-0.2, -0.15) is 0 Å². The summed E-state index contributed by atoms with van der Waals surface area (Å²) in [6.07, 6.45) is 5.59. The van der Waals surface area contributed by atoms with Crippen LogP contribution in [0.2, 0.25) is 0 Å². The van der Waals surface area contributed by atoms with E-state index in [0.29, 0.717) is 0 Å². The van der Waals surface area contributed by atoms with Crippen molar-refractivity contribution < 1.29 is 0 Å². The summed E-state index contributed by atoms with van der Waals surface area (Å²) < 4.78 is 1.47. The normalized spacial score (nSPS) is 25.9. The molecule has 1 aliphatic rings. The molecule has 84 valence electrons. The first-order chi connectivity index (χ1) is 7.40. The first kappa shape index (κ1) is 11.5. The minimum absolute atomic E-state index is 0.786. The zero-order chi connectivity index (χ0) is 10.5. The summed E-state index contributed by atoms with van der Waals surface area (Å²) in [5.74, 6) is 2.20. The van der Waals surface area contributed by atoms with Gasteiger partial charge in [0.15, 0.2) is 0 Å². The minimum atomic E-state index is 0.786. The van der Waals surface area contributed by atoms with Gasteiger partial charge in [0.25, 0.3) is 0 Å². The van der Waals surface area contributed by atoms with E-state index in [2.05, 4.69) is 29.9 Å². The van der Waals surface area contributed by atoms with Crippen LogP contribution in [0.15, 0.2) is 21.7 Å². The van der Waals surface area contributed by atoms with Crippen LogP contribution >= 0.6 is 23.1 Å². The molecule has 0 amide bonds. The molecule has 1 fully saturated rings. The summed E-state index contributed by atoms with van der Waals surface area (Å²) in [5.41, 5.74) is 0. The molecule has 1 aromatic rings. The Morgan fingerprint density at radius 3 is 3.20 bits per heavy atom. The van der Waals surface area contributed by atoms with Gasteiger partial charge in [-0.1, -0.05) is 12.5 Å². The van der Waals surface area contributed by atoms with E-state index in [0.717, 1.165) is 12.0 Å². The van der Waals surface area contributed by atoms with Crippen LogP contribution in [0.25, 0.3) is 0 Å². The Kier molecular flexibility index (Phi) is 4.54. The van der Waals surface area contributed by atoms with E-state index in [1.807, 2.05) is 23.1 Å². The lowest BCUT2D eigenvalue weighted by Crippen LogP contribution is -2.29. The molecule has 0 aliphatic heterocycles. The summed E-state index contributed by atoms with van der Waals surface area (Å²) >= 11 is 3.88. The van der Waals surface area contributed by atoms with Gasteiger partial charge in [0.05, 0.1) is 4.21 Å². The van der Waals surface area contributed by atoms with E-state index in [1.54, 1.807) is 0 Å². The Balaban J connectivity index is 1.69. The number of hydrogen-bond donors (Lipinski definition) is 1. The van der Waals surface area contributed by atoms with E-state index in [4.69, 9.17) is 0 Å². The van der Waals surface area contributed by atoms with Crippen LogP contribution in [0, 0.1) is 5.92 Å². The Labute approximate surface area is 101 Å². The summed E-state index contributed by atoms with van der Waals surface area (Å²) in [5, 5.41) is 5.61. The number of thioether (sulfide) groups is 1. The largest absolute Gasteiger partial charge is 0.317 e. The maximum atomic E-state index is 3.45. The fourth-order valence-corrected chi connectivity index (χ4v) is 4.35. The summed E-state index contributed by atoms with van der Waals surface area (Å²) in [4.78, 5) is 0. The van der Waals surface area contributed by atoms with Crippen LogP contribution in [-0.2, 0) is 0 Å². The Bertz CT molecular complexity index is 271. The quantitative estimate of drug-likeness (QED) is 0.790. The van der Waals surface area contributed by atoms with E-state index in [9.17, 15) is 0 Å². The maximum Gasteiger partial charge on any atom is 0.0598 e. The van der Waals surface area contributed by atoms with Crippen molar-refractivity contribution in [2.24, 2.45) is 5.92 Å². The molecule has 0 aromatic carbocycles. The lowest BCUT2D eigenvalue weighted by molar-refractivity contribution is 0.417. The molecule has 1 nitrogen and oxygen atoms in total. The highest BCUT2D eigenvalue weighted by Crippen LogP contribution is 2.31. The smallest absolute Gasteiger partial charge is 0.0598 e. The average molecular weight is 241 g/mol. The van der Waals surface area contributed by atoms with Gasteiger partial charge in [-0.25, -0.2) is 0 Å². The predicted molar refractivity (Wildman–Crippen MR) is 69.8 cm³/mol. The molecule has 1 heterocycles. The van der Waals surface area contributed by atoms with Crippen molar-refractivity contribution in [2.45, 2.75) is 35.9 Å². The van der Waals surface area contributed by atoms with Crippen molar-refractivity contribution in [3.8, 4) is 0 Å². The van der Waals surface area contributed by atoms with Gasteiger partial charge in [-0.05, 0) is 49.4 Å². The van der Waals surface area contributed by atoms with Crippen molar-refractivity contribution in [2.75, 3.05) is 12.8 Å². The highest BCUT2D eigenvalue weighted by atomic mass is 32.2. The molecule has 2 unspecified atom stereocenters. The van der Waals surface area contributed by atoms with Crippen molar-refractivity contribution in [1.29, 1.82) is 0 Å². The second-order valence-electron chi connectivity index (χ2n) is 4.16. The highest BCUT2D eigenvalue weighted by Gasteiger charge is 2.25. The lowest BCUT2D eigenvalue weighted by atomic mass is 10.0. The van der Waals surface area contributed by atoms with Crippen LogP contribution in [0.1, 0.15) is 25.7 Å². The van der Waals surface area contributed by atoms with Crippen LogP contribution in [0.4, 0.5) is 0 Å². The minimum Gasteiger partial charge on any atom is -0.317 e. The van der Waals surface area contributed by atoms with Gasteiger partial charge < -0.3 is 5.32 Å². The standard InChI is InChI=1S/C12H19NS2/c1-13-11-5-2-4-10(11)7-9-15-12-6-3-8-14-12/h3,6,8,10-11,13H,2,4-5,7,9H2,1H3. The molecule has 1 N–H and O–H groups in total. The predicted octanol–water partition coefficient (Wildman–Crippen LogP) is 3.62. The van der Waals surface area contributed by atoms with Gasteiger partial charge in [0.1, 0.15) is 0 Å². The monoisotopic (exact) mass is 241 g/mol. The fraction of sp³-hybridized carbons (Fsp3) is 0.667. The van der Waals surface area contributed by atoms with E-state index < -0.39 is 0 Å². The zero-order valence-electron chi connectivity index (χ0n) is 9.24. The van der Waals surface area contributed by atoms with E-state index in [1.165, 1.54) is 35.6 Å². The van der Waals surface area contributed by atoms with Crippen LogP contribution in [0.3, 0.4) is 0 Å². The Morgan fingerprint density at radius 2 is 2.47 bits per heavy atom. The molecule has 1 aromatic heterocycles. The Hall–Kier alpha value is 0.01000. The third kappa shape index (κ3) is 3.23. The molecule has 0 radical (unpaired) electrons. The van der Waals surface area contributed by atoms with E-state index in [-0.39, 0.29) is 0 Å². The number of nitrogens with one attached hydrogen (secondary N) is 1. The van der Waals surface area contributed by atoms with Crippen molar-refractivity contribution in [3.05, 3.63) is 17.5 Å². The number of hydrogen-bond acceptors (Lipinski definition) is 3. The zero-order valence-corrected chi connectivity index (χ0v) is 10.9. The molecular formula is C12H19NS2. The molecule has 2 rings (SSSR count). The van der Waals surface area contributed by atoms with Gasteiger partial charge in [-0.15, -0.1) is 23.1 Å². The summed E-state index contributed by atoms with van der Waals surface area (Å²) in [7, 11) is 2.11. The molecule has 0 spiro atoms. The topological polar surface area (TPSA) is 12.0 Å². The second-order valence-corrected chi connectivity index (χ2v) is 6.50. The van der Waals surface area contributed by atoms with Crippen molar-refractivity contribution >= 4 is 23.1 Å². The molecule has 0 bridgehead atoms. The number of rotatable bonds is 5. The lowest BCUT2D eigenvalue weighted by Gasteiger charge is -2.18. The van der Waals surface area contributed by atoms with Crippen LogP contribution < -0.4 is 5.32 Å². The average Bonchev–Trinajstić information content (AvgIpc) is 2.88.